The Balaban J connectivity index is 2.14. The van der Waals surface area contributed by atoms with Crippen molar-refractivity contribution < 1.29 is 4.74 Å². The highest BCUT2D eigenvalue weighted by atomic mass is 16.5. The van der Waals surface area contributed by atoms with Crippen molar-refractivity contribution in [3.8, 4) is 22.9 Å². The molecule has 0 fully saturated rings. The van der Waals surface area contributed by atoms with Crippen LogP contribution in [0.4, 0.5) is 5.82 Å². The van der Waals surface area contributed by atoms with Gasteiger partial charge in [0.2, 0.25) is 0 Å². The molecular weight excluding hydrogens is 322 g/mol. The van der Waals surface area contributed by atoms with Crippen LogP contribution >= 0.6 is 0 Å². The number of aromatic nitrogens is 1. The summed E-state index contributed by atoms with van der Waals surface area (Å²) in [6.45, 7) is 7.01. The Bertz CT molecular complexity index is 760. The molecule has 0 radical (unpaired) electrons. The van der Waals surface area contributed by atoms with Crippen LogP contribution in [0.3, 0.4) is 0 Å². The van der Waals surface area contributed by atoms with Crippen molar-refractivity contribution in [2.24, 2.45) is 0 Å². The Hall–Kier alpha value is -2.54. The van der Waals surface area contributed by atoms with Gasteiger partial charge in [0.05, 0.1) is 6.61 Å². The standard InChI is InChI=1S/C22H29N3O/c1-4-6-7-8-9-14-26-18-12-10-17(11-13-18)21-16(3)20(5-2)25-22(24)19(21)15-23/h10-13H,4-9,14H2,1-3H3,(H2,24,25). The number of unbranched alkanes of at least 4 members (excludes halogenated alkanes) is 4. The van der Waals surface area contributed by atoms with E-state index in [0.29, 0.717) is 11.4 Å². The third-order valence-corrected chi connectivity index (χ3v) is 4.68. The molecule has 0 bridgehead atoms. The van der Waals surface area contributed by atoms with Gasteiger partial charge in [-0.3, -0.25) is 0 Å². The van der Waals surface area contributed by atoms with Crippen molar-refractivity contribution in [1.82, 2.24) is 4.98 Å². The molecule has 26 heavy (non-hydrogen) atoms. The van der Waals surface area contributed by atoms with E-state index in [2.05, 4.69) is 18.0 Å². The van der Waals surface area contributed by atoms with Crippen LogP contribution in [0.1, 0.15) is 62.8 Å². The Morgan fingerprint density at radius 2 is 1.77 bits per heavy atom. The zero-order valence-electron chi connectivity index (χ0n) is 16.1. The summed E-state index contributed by atoms with van der Waals surface area (Å²) in [4.78, 5) is 4.37. The maximum absolute atomic E-state index is 9.51. The highest BCUT2D eigenvalue weighted by molar-refractivity contribution is 5.79. The van der Waals surface area contributed by atoms with Gasteiger partial charge in [0.15, 0.2) is 0 Å². The Labute approximate surface area is 157 Å². The number of nitrogens with two attached hydrogens (primary N) is 1. The minimum absolute atomic E-state index is 0.303. The van der Waals surface area contributed by atoms with E-state index in [1.165, 1.54) is 25.7 Å². The van der Waals surface area contributed by atoms with Gasteiger partial charge in [-0.05, 0) is 43.0 Å². The van der Waals surface area contributed by atoms with Gasteiger partial charge in [0.1, 0.15) is 23.2 Å². The number of pyridine rings is 1. The van der Waals surface area contributed by atoms with E-state index in [1.54, 1.807) is 0 Å². The zero-order valence-corrected chi connectivity index (χ0v) is 16.1. The van der Waals surface area contributed by atoms with E-state index >= 15 is 0 Å². The number of nitrogens with zero attached hydrogens (tertiary/aromatic N) is 2. The van der Waals surface area contributed by atoms with Crippen LogP contribution in [0.25, 0.3) is 11.1 Å². The molecule has 2 rings (SSSR count). The van der Waals surface area contributed by atoms with Gasteiger partial charge in [-0.25, -0.2) is 4.98 Å². The highest BCUT2D eigenvalue weighted by Crippen LogP contribution is 2.32. The number of benzene rings is 1. The fourth-order valence-corrected chi connectivity index (χ4v) is 3.18. The number of hydrogen-bond acceptors (Lipinski definition) is 4. The Kier molecular flexibility index (Phi) is 7.47. The average molecular weight is 351 g/mol. The summed E-state index contributed by atoms with van der Waals surface area (Å²) >= 11 is 0. The summed E-state index contributed by atoms with van der Waals surface area (Å²) in [5.74, 6) is 1.16. The molecule has 0 saturated carbocycles. The summed E-state index contributed by atoms with van der Waals surface area (Å²) in [7, 11) is 0. The second-order valence-corrected chi connectivity index (χ2v) is 6.57. The van der Waals surface area contributed by atoms with Crippen LogP contribution in [-0.4, -0.2) is 11.6 Å². The summed E-state index contributed by atoms with van der Waals surface area (Å²) in [5.41, 5.74) is 10.2. The third-order valence-electron chi connectivity index (χ3n) is 4.68. The van der Waals surface area contributed by atoms with Crippen molar-refractivity contribution in [2.45, 2.75) is 59.3 Å². The quantitative estimate of drug-likeness (QED) is 0.612. The van der Waals surface area contributed by atoms with Gasteiger partial charge < -0.3 is 10.5 Å². The number of aryl methyl sites for hydroxylation is 1. The van der Waals surface area contributed by atoms with Gasteiger partial charge in [-0.2, -0.15) is 5.26 Å². The monoisotopic (exact) mass is 351 g/mol. The Morgan fingerprint density at radius 3 is 2.38 bits per heavy atom. The van der Waals surface area contributed by atoms with E-state index in [9.17, 15) is 5.26 Å². The van der Waals surface area contributed by atoms with Crippen molar-refractivity contribution in [1.29, 1.82) is 5.26 Å². The summed E-state index contributed by atoms with van der Waals surface area (Å²) in [6, 6.07) is 10.1. The molecular formula is C22H29N3O. The molecule has 0 unspecified atom stereocenters. The number of ether oxygens (including phenoxy) is 1. The van der Waals surface area contributed by atoms with E-state index in [1.807, 2.05) is 38.1 Å². The predicted octanol–water partition coefficient (Wildman–Crippen LogP) is 5.42. The maximum Gasteiger partial charge on any atom is 0.142 e. The number of rotatable bonds is 9. The molecule has 0 saturated heterocycles. The fourth-order valence-electron chi connectivity index (χ4n) is 3.18. The van der Waals surface area contributed by atoms with Crippen molar-refractivity contribution >= 4 is 5.82 Å². The van der Waals surface area contributed by atoms with Crippen LogP contribution in [0.15, 0.2) is 24.3 Å². The molecule has 2 N–H and O–H groups in total. The van der Waals surface area contributed by atoms with E-state index in [4.69, 9.17) is 10.5 Å². The SMILES string of the molecule is CCCCCCCOc1ccc(-c2c(C)c(CC)nc(N)c2C#N)cc1. The molecule has 0 aliphatic rings. The third kappa shape index (κ3) is 4.76. The maximum atomic E-state index is 9.51. The largest absolute Gasteiger partial charge is 0.494 e. The molecule has 0 amide bonds. The van der Waals surface area contributed by atoms with E-state index < -0.39 is 0 Å². The van der Waals surface area contributed by atoms with E-state index in [0.717, 1.165) is 47.6 Å². The summed E-state index contributed by atoms with van der Waals surface area (Å²) in [5, 5.41) is 9.51. The first-order valence-corrected chi connectivity index (χ1v) is 9.54. The number of nitrogen functional groups attached to an aromatic ring is 1. The van der Waals surface area contributed by atoms with Crippen LogP contribution in [0.5, 0.6) is 5.75 Å². The normalized spacial score (nSPS) is 10.5. The first kappa shape index (κ1) is 19.8. The molecule has 1 aromatic carbocycles. The molecule has 4 heteroatoms. The predicted molar refractivity (Wildman–Crippen MR) is 107 cm³/mol. The molecule has 0 aliphatic heterocycles. The van der Waals surface area contributed by atoms with Crippen LogP contribution in [0, 0.1) is 18.3 Å². The lowest BCUT2D eigenvalue weighted by Crippen LogP contribution is -2.05. The van der Waals surface area contributed by atoms with Crippen LogP contribution < -0.4 is 10.5 Å². The minimum atomic E-state index is 0.303. The smallest absolute Gasteiger partial charge is 0.142 e. The molecule has 0 spiro atoms. The summed E-state index contributed by atoms with van der Waals surface area (Å²) in [6.07, 6.45) is 6.91. The molecule has 1 heterocycles. The number of hydrogen-bond donors (Lipinski definition) is 1. The molecule has 4 nitrogen and oxygen atoms in total. The lowest BCUT2D eigenvalue weighted by Gasteiger charge is -2.14. The molecule has 2 aromatic rings. The van der Waals surface area contributed by atoms with Gasteiger partial charge in [0.25, 0.3) is 0 Å². The lowest BCUT2D eigenvalue weighted by atomic mass is 9.94. The van der Waals surface area contributed by atoms with Crippen LogP contribution in [-0.2, 0) is 6.42 Å². The summed E-state index contributed by atoms with van der Waals surface area (Å²) < 4.78 is 5.83. The fraction of sp³-hybridized carbons (Fsp3) is 0.455. The van der Waals surface area contributed by atoms with Gasteiger partial charge in [-0.1, -0.05) is 51.7 Å². The van der Waals surface area contributed by atoms with Gasteiger partial charge in [0, 0.05) is 11.3 Å². The molecule has 0 atom stereocenters. The van der Waals surface area contributed by atoms with Crippen molar-refractivity contribution in [3.05, 3.63) is 41.1 Å². The first-order valence-electron chi connectivity index (χ1n) is 9.54. The van der Waals surface area contributed by atoms with Crippen LogP contribution in [0.2, 0.25) is 0 Å². The number of nitriles is 1. The molecule has 138 valence electrons. The zero-order chi connectivity index (χ0) is 18.9. The topological polar surface area (TPSA) is 71.9 Å². The van der Waals surface area contributed by atoms with Crippen molar-refractivity contribution in [3.63, 3.8) is 0 Å². The lowest BCUT2D eigenvalue weighted by molar-refractivity contribution is 0.304. The Morgan fingerprint density at radius 1 is 1.08 bits per heavy atom. The van der Waals surface area contributed by atoms with E-state index in [-0.39, 0.29) is 0 Å². The average Bonchev–Trinajstić information content (AvgIpc) is 2.66. The second kappa shape index (κ2) is 9.82. The van der Waals surface area contributed by atoms with Gasteiger partial charge >= 0.3 is 0 Å². The highest BCUT2D eigenvalue weighted by Gasteiger charge is 2.16. The van der Waals surface area contributed by atoms with Gasteiger partial charge in [-0.15, -0.1) is 0 Å². The second-order valence-electron chi connectivity index (χ2n) is 6.57. The molecule has 1 aromatic heterocycles. The molecule has 0 aliphatic carbocycles. The number of anilines is 1. The minimum Gasteiger partial charge on any atom is -0.494 e. The first-order chi connectivity index (χ1) is 12.6. The van der Waals surface area contributed by atoms with Crippen molar-refractivity contribution in [2.75, 3.05) is 12.3 Å².